The average Bonchev–Trinajstić information content (AvgIpc) is 3.05. The average molecular weight is 496 g/mol. The Morgan fingerprint density at radius 1 is 1.17 bits per heavy atom. The zero-order chi connectivity index (χ0) is 24.9. The van der Waals surface area contributed by atoms with Crippen molar-refractivity contribution in [2.24, 2.45) is 0 Å². The minimum Gasteiger partial charge on any atom is -0.442 e. The van der Waals surface area contributed by atoms with Crippen LogP contribution in [0.3, 0.4) is 0 Å². The maximum atomic E-state index is 15.1. The first-order chi connectivity index (χ1) is 16.8. The Morgan fingerprint density at radius 2 is 1.89 bits per heavy atom. The molecule has 2 fully saturated rings. The third-order valence-corrected chi connectivity index (χ3v) is 5.69. The van der Waals surface area contributed by atoms with Crippen LogP contribution in [0.5, 0.6) is 0 Å². The maximum Gasteiger partial charge on any atom is 0.414 e. The molecule has 9 nitrogen and oxygen atoms in total. The molecule has 2 aliphatic rings. The molecule has 0 radical (unpaired) electrons. The lowest BCUT2D eigenvalue weighted by Crippen LogP contribution is -2.38. The highest BCUT2D eigenvalue weighted by molar-refractivity contribution is 5.90. The van der Waals surface area contributed by atoms with Gasteiger partial charge in [-0.05, 0) is 17.7 Å². The van der Waals surface area contributed by atoms with E-state index in [9.17, 15) is 18.4 Å². The lowest BCUT2D eigenvalue weighted by Gasteiger charge is -2.25. The van der Waals surface area contributed by atoms with Crippen LogP contribution in [0.1, 0.15) is 5.56 Å². The first-order valence-electron chi connectivity index (χ1n) is 11.0. The number of ether oxygens (including phenoxy) is 1. The largest absolute Gasteiger partial charge is 0.442 e. The van der Waals surface area contributed by atoms with Gasteiger partial charge in [0, 0.05) is 57.3 Å². The Hall–Kier alpha value is -3.45. The maximum absolute atomic E-state index is 15.1. The van der Waals surface area contributed by atoms with E-state index >= 15 is 8.78 Å². The molecule has 0 saturated carbocycles. The Bertz CT molecular complexity index is 1040. The van der Waals surface area contributed by atoms with E-state index in [1.54, 1.807) is 17.3 Å². The minimum absolute atomic E-state index is 0.0660. The molecule has 188 valence electrons. The number of amides is 2. The summed E-state index contributed by atoms with van der Waals surface area (Å²) in [6.07, 6.45) is -1.62. The van der Waals surface area contributed by atoms with Gasteiger partial charge in [0.05, 0.1) is 18.8 Å². The Kier molecular flexibility index (Phi) is 7.66. The molecular formula is C22H24F4N6O3. The zero-order valence-electron chi connectivity index (χ0n) is 18.6. The molecule has 35 heavy (non-hydrogen) atoms. The number of carbonyl (C=O) groups excluding carboxylic acids is 2. The predicted octanol–water partition coefficient (Wildman–Crippen LogP) is 1.89. The van der Waals surface area contributed by atoms with Crippen LogP contribution in [0.15, 0.2) is 36.7 Å². The number of hydrogen-bond donors (Lipinski definition) is 2. The number of hydrogen-bond acceptors (Lipinski definition) is 7. The van der Waals surface area contributed by atoms with Gasteiger partial charge < -0.3 is 15.0 Å². The number of benzene rings is 1. The molecule has 1 aromatic heterocycles. The summed E-state index contributed by atoms with van der Waals surface area (Å²) in [7, 11) is 0. The SMILES string of the molecule is O=C(NCC1CN(c2cc(F)c(N3CCNN(Cc4ccncc4)CC3)c(F)c2)C(=O)O1)C(F)F. The molecule has 2 saturated heterocycles. The normalized spacial score (nSPS) is 19.1. The van der Waals surface area contributed by atoms with Gasteiger partial charge in [0.2, 0.25) is 0 Å². The van der Waals surface area contributed by atoms with Gasteiger partial charge in [-0.2, -0.15) is 8.78 Å². The quantitative estimate of drug-likeness (QED) is 0.566. The van der Waals surface area contributed by atoms with Crippen molar-refractivity contribution in [2.75, 3.05) is 49.1 Å². The molecule has 3 heterocycles. The third kappa shape index (κ3) is 5.98. The number of hydrazine groups is 1. The van der Waals surface area contributed by atoms with E-state index in [4.69, 9.17) is 4.74 Å². The molecule has 2 amide bonds. The number of rotatable bonds is 7. The molecule has 1 aromatic carbocycles. The highest BCUT2D eigenvalue weighted by Gasteiger charge is 2.34. The van der Waals surface area contributed by atoms with Crippen molar-refractivity contribution >= 4 is 23.4 Å². The number of alkyl halides is 2. The number of nitrogens with one attached hydrogen (secondary N) is 2. The second kappa shape index (κ2) is 10.9. The Morgan fingerprint density at radius 3 is 2.57 bits per heavy atom. The highest BCUT2D eigenvalue weighted by Crippen LogP contribution is 2.31. The summed E-state index contributed by atoms with van der Waals surface area (Å²) in [5.74, 6) is -3.18. The monoisotopic (exact) mass is 496 g/mol. The topological polar surface area (TPSA) is 90.0 Å². The summed E-state index contributed by atoms with van der Waals surface area (Å²) in [6.45, 7) is 1.81. The van der Waals surface area contributed by atoms with Gasteiger partial charge in [0.1, 0.15) is 11.8 Å². The smallest absolute Gasteiger partial charge is 0.414 e. The summed E-state index contributed by atoms with van der Waals surface area (Å²) in [6, 6.07) is 5.85. The molecule has 2 aliphatic heterocycles. The predicted molar refractivity (Wildman–Crippen MR) is 118 cm³/mol. The number of halogens is 4. The molecule has 2 aromatic rings. The minimum atomic E-state index is -3.20. The van der Waals surface area contributed by atoms with E-state index < -0.39 is 36.2 Å². The molecule has 0 bridgehead atoms. The van der Waals surface area contributed by atoms with Crippen LogP contribution in [-0.4, -0.2) is 73.8 Å². The summed E-state index contributed by atoms with van der Waals surface area (Å²) in [4.78, 5) is 29.8. The highest BCUT2D eigenvalue weighted by atomic mass is 19.3. The van der Waals surface area contributed by atoms with Gasteiger partial charge in [-0.3, -0.25) is 20.1 Å². The molecule has 1 unspecified atom stereocenters. The fourth-order valence-corrected chi connectivity index (χ4v) is 3.98. The summed E-state index contributed by atoms with van der Waals surface area (Å²) < 4.78 is 59.8. The van der Waals surface area contributed by atoms with Crippen molar-refractivity contribution in [3.63, 3.8) is 0 Å². The van der Waals surface area contributed by atoms with E-state index in [1.165, 1.54) is 0 Å². The van der Waals surface area contributed by atoms with Crippen LogP contribution in [0.25, 0.3) is 0 Å². The van der Waals surface area contributed by atoms with Gasteiger partial charge in [-0.1, -0.05) is 0 Å². The fourth-order valence-electron chi connectivity index (χ4n) is 3.98. The first kappa shape index (κ1) is 24.7. The van der Waals surface area contributed by atoms with Gasteiger partial charge in [0.25, 0.3) is 5.91 Å². The van der Waals surface area contributed by atoms with E-state index in [2.05, 4.69) is 10.4 Å². The molecule has 2 N–H and O–H groups in total. The summed E-state index contributed by atoms with van der Waals surface area (Å²) >= 11 is 0. The van der Waals surface area contributed by atoms with E-state index in [-0.39, 0.29) is 24.5 Å². The molecule has 0 aliphatic carbocycles. The number of nitrogens with zero attached hydrogens (tertiary/aromatic N) is 4. The van der Waals surface area contributed by atoms with Crippen LogP contribution in [0.2, 0.25) is 0 Å². The lowest BCUT2D eigenvalue weighted by atomic mass is 10.2. The second-order valence-corrected chi connectivity index (χ2v) is 8.09. The van der Waals surface area contributed by atoms with Gasteiger partial charge in [-0.25, -0.2) is 18.6 Å². The Balaban J connectivity index is 1.40. The number of carbonyl (C=O) groups is 2. The fraction of sp³-hybridized carbons (Fsp3) is 0.409. The number of pyridine rings is 1. The zero-order valence-corrected chi connectivity index (χ0v) is 18.6. The lowest BCUT2D eigenvalue weighted by molar-refractivity contribution is -0.132. The Labute approximate surface area is 198 Å². The summed E-state index contributed by atoms with van der Waals surface area (Å²) in [5.41, 5.74) is 4.03. The van der Waals surface area contributed by atoms with Crippen molar-refractivity contribution in [2.45, 2.75) is 19.1 Å². The third-order valence-electron chi connectivity index (χ3n) is 5.69. The standard InChI is InChI=1S/C22H24F4N6O3/c23-17-9-15(32-13-16(35-22(32)34)11-28-21(33)20(25)26)10-18(24)19(17)30-6-5-29-31(8-7-30)12-14-1-3-27-4-2-14/h1-4,9-10,16,20,29H,5-8,11-13H2,(H,28,33). The van der Waals surface area contributed by atoms with E-state index in [0.29, 0.717) is 32.7 Å². The van der Waals surface area contributed by atoms with Crippen LogP contribution < -0.4 is 20.5 Å². The molecular weight excluding hydrogens is 472 g/mol. The van der Waals surface area contributed by atoms with E-state index in [0.717, 1.165) is 22.6 Å². The molecule has 4 rings (SSSR count). The first-order valence-corrected chi connectivity index (χ1v) is 11.0. The van der Waals surface area contributed by atoms with Crippen LogP contribution in [0, 0.1) is 11.6 Å². The van der Waals surface area contributed by atoms with Crippen LogP contribution in [-0.2, 0) is 16.1 Å². The molecule has 0 spiro atoms. The number of aromatic nitrogens is 1. The van der Waals surface area contributed by atoms with Crippen LogP contribution in [0.4, 0.5) is 33.7 Å². The van der Waals surface area contributed by atoms with Gasteiger partial charge in [0.15, 0.2) is 11.6 Å². The number of cyclic esters (lactones) is 1. The van der Waals surface area contributed by atoms with Gasteiger partial charge in [-0.15, -0.1) is 0 Å². The van der Waals surface area contributed by atoms with Crippen molar-refractivity contribution in [1.82, 2.24) is 20.7 Å². The second-order valence-electron chi connectivity index (χ2n) is 8.09. The van der Waals surface area contributed by atoms with E-state index in [1.807, 2.05) is 22.5 Å². The van der Waals surface area contributed by atoms with Crippen molar-refractivity contribution in [1.29, 1.82) is 0 Å². The molecule has 1 atom stereocenters. The molecule has 13 heteroatoms. The summed E-state index contributed by atoms with van der Waals surface area (Å²) in [5, 5.41) is 3.92. The van der Waals surface area contributed by atoms with Crippen molar-refractivity contribution in [3.05, 3.63) is 53.9 Å². The van der Waals surface area contributed by atoms with Crippen LogP contribution >= 0.6 is 0 Å². The number of anilines is 2. The van der Waals surface area contributed by atoms with Crippen molar-refractivity contribution in [3.8, 4) is 0 Å². The van der Waals surface area contributed by atoms with Gasteiger partial charge >= 0.3 is 12.5 Å². The van der Waals surface area contributed by atoms with Crippen molar-refractivity contribution < 1.29 is 31.9 Å².